The quantitative estimate of drug-likeness (QED) is 0.0629. The van der Waals surface area contributed by atoms with Crippen molar-refractivity contribution in [1.29, 1.82) is 0 Å². The first-order valence-corrected chi connectivity index (χ1v) is 22.6. The number of ketones is 2. The summed E-state index contributed by atoms with van der Waals surface area (Å²) in [6, 6.07) is 66.0. The van der Waals surface area contributed by atoms with Crippen molar-refractivity contribution in [3.63, 3.8) is 0 Å². The highest BCUT2D eigenvalue weighted by Crippen LogP contribution is 2.49. The van der Waals surface area contributed by atoms with Gasteiger partial charge in [-0.3, -0.25) is 9.59 Å². The molecule has 6 heteroatoms. The van der Waals surface area contributed by atoms with Gasteiger partial charge in [0.1, 0.15) is 5.41 Å². The molecule has 0 aliphatic heterocycles. The van der Waals surface area contributed by atoms with Crippen molar-refractivity contribution in [1.82, 2.24) is 0 Å². The summed E-state index contributed by atoms with van der Waals surface area (Å²) >= 11 is 0. The first kappa shape index (κ1) is 37.9. The van der Waals surface area contributed by atoms with E-state index in [4.69, 9.17) is 11.5 Å². The van der Waals surface area contributed by atoms with Gasteiger partial charge in [0.2, 0.25) is 0 Å². The third-order valence-corrected chi connectivity index (χ3v) is 16.7. The van der Waals surface area contributed by atoms with E-state index in [1.165, 1.54) is 0 Å². The van der Waals surface area contributed by atoms with Crippen LogP contribution in [0, 0.1) is 5.41 Å². The molecule has 1 aliphatic carbocycles. The molecule has 4 nitrogen and oxygen atoms in total. The molecule has 0 spiro atoms. The van der Waals surface area contributed by atoms with E-state index >= 15 is 9.59 Å². The van der Waals surface area contributed by atoms with E-state index in [0.29, 0.717) is 24.0 Å². The van der Waals surface area contributed by atoms with Crippen LogP contribution in [-0.2, 0) is 0 Å². The predicted molar refractivity (Wildman–Crippen MR) is 246 cm³/mol. The normalized spacial score (nSPS) is 14.8. The predicted octanol–water partition coefficient (Wildman–Crippen LogP) is 8.75. The number of carbonyl (C=O) groups excluding carboxylic acids is 2. The Morgan fingerprint density at radius 2 is 0.724 bits per heavy atom. The number of benzene rings is 8. The molecule has 4 N–H and O–H groups in total. The standard InChI is InChI=1S/C52H44N2O2P2/c53-52(54)36-18-17-35-51(52,49(55)47-43-29-15-13-19-37(43)31-33-45(47)57(39-21-5-1-6-22-39)40-23-7-2-8-24-40)50(56)48-44-30-16-14-20-38(44)32-34-46(48)58(41-25-9-3-10-26-41)42-27-11-4-12-28-42/h1-16,19-34H,17-18,35-36,53-54H2. The van der Waals surface area contributed by atoms with Crippen LogP contribution >= 0.6 is 15.8 Å². The van der Waals surface area contributed by atoms with Crippen LogP contribution in [-0.4, -0.2) is 17.2 Å². The average molecular weight is 791 g/mol. The fraction of sp³-hybridized carbons (Fsp3) is 0.115. The fourth-order valence-corrected chi connectivity index (χ4v) is 13.9. The SMILES string of the molecule is NC1(N)CCCCC1(C(=O)c1c(P(c2ccccc2)c2ccccc2)ccc2ccccc12)C(=O)c1c(P(c2ccccc2)c2ccccc2)ccc2ccccc12. The minimum Gasteiger partial charge on any atom is -0.312 e. The van der Waals surface area contributed by atoms with Gasteiger partial charge < -0.3 is 11.5 Å². The first-order valence-electron chi connectivity index (χ1n) is 19.9. The van der Waals surface area contributed by atoms with E-state index in [2.05, 4.69) is 72.8 Å². The third kappa shape index (κ3) is 6.61. The summed E-state index contributed by atoms with van der Waals surface area (Å²) in [5, 5.41) is 9.65. The van der Waals surface area contributed by atoms with Crippen molar-refractivity contribution < 1.29 is 9.59 Å². The van der Waals surface area contributed by atoms with Crippen LogP contribution < -0.4 is 43.3 Å². The molecule has 1 fully saturated rings. The van der Waals surface area contributed by atoms with Gasteiger partial charge in [-0.1, -0.05) is 207 Å². The van der Waals surface area contributed by atoms with Crippen LogP contribution in [0.3, 0.4) is 0 Å². The summed E-state index contributed by atoms with van der Waals surface area (Å²) in [6.07, 6.45) is 1.95. The Balaban J connectivity index is 1.34. The Morgan fingerprint density at radius 3 is 1.09 bits per heavy atom. The number of carbonyl (C=O) groups is 2. The lowest BCUT2D eigenvalue weighted by Gasteiger charge is -2.48. The van der Waals surface area contributed by atoms with Crippen molar-refractivity contribution in [2.24, 2.45) is 16.9 Å². The van der Waals surface area contributed by atoms with Gasteiger partial charge in [-0.15, -0.1) is 0 Å². The molecule has 0 aromatic heterocycles. The number of hydrogen-bond acceptors (Lipinski definition) is 4. The van der Waals surface area contributed by atoms with Crippen LogP contribution in [0.25, 0.3) is 21.5 Å². The van der Waals surface area contributed by atoms with E-state index in [1.54, 1.807) is 0 Å². The molecule has 9 rings (SSSR count). The maximum Gasteiger partial charge on any atom is 0.181 e. The molecule has 0 bridgehead atoms. The van der Waals surface area contributed by atoms with Crippen molar-refractivity contribution >= 4 is 80.8 Å². The summed E-state index contributed by atoms with van der Waals surface area (Å²) in [5.41, 5.74) is 12.4. The zero-order valence-electron chi connectivity index (χ0n) is 32.2. The lowest BCUT2D eigenvalue weighted by Crippen LogP contribution is -2.70. The zero-order chi connectivity index (χ0) is 39.7. The Kier molecular flexibility index (Phi) is 10.5. The highest BCUT2D eigenvalue weighted by Gasteiger charge is 2.60. The smallest absolute Gasteiger partial charge is 0.181 e. The average Bonchev–Trinajstić information content (AvgIpc) is 3.27. The summed E-state index contributed by atoms with van der Waals surface area (Å²) in [5.74, 6) is -0.591. The highest BCUT2D eigenvalue weighted by molar-refractivity contribution is 7.80. The second-order valence-corrected chi connectivity index (χ2v) is 19.6. The van der Waals surface area contributed by atoms with Crippen molar-refractivity contribution in [3.05, 3.63) is 205 Å². The van der Waals surface area contributed by atoms with Gasteiger partial charge in [0, 0.05) is 11.1 Å². The van der Waals surface area contributed by atoms with Crippen molar-refractivity contribution in [2.45, 2.75) is 31.3 Å². The van der Waals surface area contributed by atoms with E-state index in [1.807, 2.05) is 121 Å². The van der Waals surface area contributed by atoms with E-state index in [-0.39, 0.29) is 18.0 Å². The molecule has 0 radical (unpaired) electrons. The summed E-state index contributed by atoms with van der Waals surface area (Å²) < 4.78 is 0. The lowest BCUT2D eigenvalue weighted by molar-refractivity contribution is 0.0382. The number of fused-ring (bicyclic) bond motifs is 2. The topological polar surface area (TPSA) is 86.2 Å². The zero-order valence-corrected chi connectivity index (χ0v) is 34.0. The lowest BCUT2D eigenvalue weighted by atomic mass is 9.59. The van der Waals surface area contributed by atoms with Crippen LogP contribution in [0.4, 0.5) is 0 Å². The second-order valence-electron chi connectivity index (χ2n) is 15.2. The molecule has 0 amide bonds. The monoisotopic (exact) mass is 790 g/mol. The van der Waals surface area contributed by atoms with Gasteiger partial charge in [-0.05, 0) is 82.1 Å². The van der Waals surface area contributed by atoms with Crippen LogP contribution in [0.1, 0.15) is 46.4 Å². The molecular formula is C52H44N2O2P2. The first-order chi connectivity index (χ1) is 28.4. The molecule has 8 aromatic carbocycles. The Hall–Kier alpha value is -5.60. The van der Waals surface area contributed by atoms with Gasteiger partial charge in [-0.2, -0.15) is 0 Å². The fourth-order valence-electron chi connectivity index (χ4n) is 8.97. The van der Waals surface area contributed by atoms with E-state index in [9.17, 15) is 0 Å². The van der Waals surface area contributed by atoms with Gasteiger partial charge in [-0.25, -0.2) is 0 Å². The highest BCUT2D eigenvalue weighted by atomic mass is 31.1. The molecule has 0 saturated heterocycles. The summed E-state index contributed by atoms with van der Waals surface area (Å²) in [6.45, 7) is 0. The Labute approximate surface area is 342 Å². The number of hydrogen-bond donors (Lipinski definition) is 2. The molecule has 1 saturated carbocycles. The largest absolute Gasteiger partial charge is 0.312 e. The van der Waals surface area contributed by atoms with E-state index < -0.39 is 26.9 Å². The number of Topliss-reactive ketones (excluding diaryl/α,β-unsaturated/α-hetero) is 2. The van der Waals surface area contributed by atoms with Gasteiger partial charge in [0.15, 0.2) is 11.6 Å². The van der Waals surface area contributed by atoms with Crippen LogP contribution in [0.5, 0.6) is 0 Å². The maximum atomic E-state index is 16.5. The van der Waals surface area contributed by atoms with Gasteiger partial charge in [0.25, 0.3) is 0 Å². The molecule has 0 heterocycles. The minimum atomic E-state index is -1.77. The minimum absolute atomic E-state index is 0.242. The summed E-state index contributed by atoms with van der Waals surface area (Å²) in [4.78, 5) is 33.1. The Morgan fingerprint density at radius 1 is 0.397 bits per heavy atom. The number of nitrogens with two attached hydrogens (primary N) is 2. The molecule has 0 atom stereocenters. The van der Waals surface area contributed by atoms with Crippen LogP contribution in [0.15, 0.2) is 194 Å². The second kappa shape index (κ2) is 16.0. The maximum absolute atomic E-state index is 16.5. The number of rotatable bonds is 10. The molecule has 58 heavy (non-hydrogen) atoms. The van der Waals surface area contributed by atoms with Gasteiger partial charge in [0.05, 0.1) is 5.66 Å². The van der Waals surface area contributed by atoms with Gasteiger partial charge >= 0.3 is 0 Å². The summed E-state index contributed by atoms with van der Waals surface area (Å²) in [7, 11) is -2.47. The van der Waals surface area contributed by atoms with Crippen LogP contribution in [0.2, 0.25) is 0 Å². The van der Waals surface area contributed by atoms with E-state index in [0.717, 1.165) is 59.8 Å². The van der Waals surface area contributed by atoms with Crippen molar-refractivity contribution in [3.8, 4) is 0 Å². The third-order valence-electron chi connectivity index (χ3n) is 11.8. The molecule has 0 unspecified atom stereocenters. The Bertz CT molecular complexity index is 2500. The molecule has 284 valence electrons. The van der Waals surface area contributed by atoms with Crippen molar-refractivity contribution in [2.75, 3.05) is 0 Å². The molecular weight excluding hydrogens is 747 g/mol. The molecule has 8 aromatic rings. The molecule has 1 aliphatic rings.